The Balaban J connectivity index is 0.00000228. The predicted octanol–water partition coefficient (Wildman–Crippen LogP) is 8.02. The Hall–Kier alpha value is 0.750. The van der Waals surface area contributed by atoms with E-state index in [4.69, 9.17) is 5.73 Å². The average molecular weight is 583 g/mol. The van der Waals surface area contributed by atoms with Gasteiger partial charge in [-0.1, -0.05) is 27.7 Å². The van der Waals surface area contributed by atoms with Crippen molar-refractivity contribution in [2.45, 2.75) is 124 Å². The van der Waals surface area contributed by atoms with E-state index in [1.54, 1.807) is 0 Å². The van der Waals surface area contributed by atoms with Crippen molar-refractivity contribution in [2.75, 3.05) is 26.2 Å². The maximum Gasteiger partial charge on any atom is 0.00672 e. The van der Waals surface area contributed by atoms with Crippen LogP contribution in [0.3, 0.4) is 0 Å². The minimum atomic E-state index is 0. The third kappa shape index (κ3) is 8.62. The van der Waals surface area contributed by atoms with Crippen molar-refractivity contribution in [3.8, 4) is 0 Å². The van der Waals surface area contributed by atoms with Crippen LogP contribution in [0.4, 0.5) is 0 Å². The summed E-state index contributed by atoms with van der Waals surface area (Å²) in [6, 6.07) is 0.719. The van der Waals surface area contributed by atoms with E-state index < -0.39 is 0 Å². The van der Waals surface area contributed by atoms with Gasteiger partial charge in [0, 0.05) is 6.04 Å². The molecule has 6 rings (SSSR count). The fourth-order valence-corrected chi connectivity index (χ4v) is 9.55. The van der Waals surface area contributed by atoms with Crippen LogP contribution in [0, 0.1) is 46.3 Å². The molecule has 0 aliphatic heterocycles. The molecule has 0 saturated heterocycles. The standard InChI is InChI=1S/C31H59N3.3ClH/c1-30(2)25-11-7-23(8-12-25)28(30)17-15-27(34-22-6-21-33-20-5-19-32)16-18-29-24-9-13-26(14-10-24)31(29,3)4;;;/h23-29,33-34H,5-22,32H2,1-4H3;3*1H. The summed E-state index contributed by atoms with van der Waals surface area (Å²) in [6.07, 6.45) is 20.1. The number of rotatable bonds is 14. The SMILES string of the molecule is CC1(C)C2CCC(CC2)C1CCC(CCC1C2CCC(CC2)C1(C)C)NCCCNCCCN.Cl.Cl.Cl. The molecule has 0 radical (unpaired) electrons. The van der Waals surface area contributed by atoms with Gasteiger partial charge in [-0.3, -0.25) is 0 Å². The molecule has 37 heavy (non-hydrogen) atoms. The highest BCUT2D eigenvalue weighted by Crippen LogP contribution is 2.58. The van der Waals surface area contributed by atoms with Gasteiger partial charge in [0.1, 0.15) is 0 Å². The van der Waals surface area contributed by atoms with E-state index in [0.29, 0.717) is 10.8 Å². The van der Waals surface area contributed by atoms with Crippen molar-refractivity contribution in [1.29, 1.82) is 0 Å². The second kappa shape index (κ2) is 16.3. The van der Waals surface area contributed by atoms with Gasteiger partial charge in [0.05, 0.1) is 0 Å². The van der Waals surface area contributed by atoms with Crippen molar-refractivity contribution in [1.82, 2.24) is 10.6 Å². The van der Waals surface area contributed by atoms with Gasteiger partial charge in [-0.2, -0.15) is 0 Å². The highest BCUT2D eigenvalue weighted by Gasteiger charge is 2.49. The number of hydrogen-bond donors (Lipinski definition) is 3. The Morgan fingerprint density at radius 3 is 1.49 bits per heavy atom. The molecule has 6 heteroatoms. The molecule has 0 aromatic rings. The molecule has 2 atom stereocenters. The molecule has 222 valence electrons. The number of hydrogen-bond acceptors (Lipinski definition) is 3. The van der Waals surface area contributed by atoms with Crippen molar-refractivity contribution in [3.05, 3.63) is 0 Å². The van der Waals surface area contributed by atoms with Gasteiger partial charge in [0.2, 0.25) is 0 Å². The first kappa shape index (κ1) is 35.8. The van der Waals surface area contributed by atoms with Crippen LogP contribution in [-0.4, -0.2) is 32.2 Å². The first-order valence-electron chi connectivity index (χ1n) is 15.5. The molecule has 0 amide bonds. The Bertz CT molecular complexity index is 569. The third-order valence-electron chi connectivity index (χ3n) is 11.9. The van der Waals surface area contributed by atoms with E-state index in [2.05, 4.69) is 38.3 Å². The summed E-state index contributed by atoms with van der Waals surface area (Å²) >= 11 is 0. The molecule has 2 unspecified atom stereocenters. The van der Waals surface area contributed by atoms with Crippen LogP contribution in [-0.2, 0) is 0 Å². The van der Waals surface area contributed by atoms with E-state index >= 15 is 0 Å². The van der Waals surface area contributed by atoms with Crippen molar-refractivity contribution >= 4 is 37.2 Å². The molecule has 6 aliphatic carbocycles. The maximum atomic E-state index is 5.63. The molecule has 6 fully saturated rings. The molecule has 4 bridgehead atoms. The maximum absolute atomic E-state index is 5.63. The lowest BCUT2D eigenvalue weighted by Gasteiger charge is -2.55. The molecule has 3 nitrogen and oxygen atoms in total. The molecule has 0 spiro atoms. The molecule has 0 aromatic carbocycles. The second-order valence-corrected chi connectivity index (χ2v) is 14.1. The van der Waals surface area contributed by atoms with E-state index in [-0.39, 0.29) is 37.2 Å². The monoisotopic (exact) mass is 581 g/mol. The van der Waals surface area contributed by atoms with Crippen LogP contribution in [0.15, 0.2) is 0 Å². The highest BCUT2D eigenvalue weighted by molar-refractivity contribution is 5.86. The quantitative estimate of drug-likeness (QED) is 0.182. The fourth-order valence-electron chi connectivity index (χ4n) is 9.55. The minimum Gasteiger partial charge on any atom is -0.330 e. The van der Waals surface area contributed by atoms with Gasteiger partial charge >= 0.3 is 0 Å². The van der Waals surface area contributed by atoms with Gasteiger partial charge < -0.3 is 16.4 Å². The zero-order valence-corrected chi connectivity index (χ0v) is 27.0. The molecule has 0 aromatic heterocycles. The van der Waals surface area contributed by atoms with Gasteiger partial charge in [0.25, 0.3) is 0 Å². The van der Waals surface area contributed by atoms with Gasteiger partial charge in [-0.25, -0.2) is 0 Å². The lowest BCUT2D eigenvalue weighted by atomic mass is 9.50. The molecule has 0 heterocycles. The zero-order valence-electron chi connectivity index (χ0n) is 24.6. The van der Waals surface area contributed by atoms with Crippen molar-refractivity contribution < 1.29 is 0 Å². The van der Waals surface area contributed by atoms with Crippen LogP contribution in [0.25, 0.3) is 0 Å². The predicted molar refractivity (Wildman–Crippen MR) is 169 cm³/mol. The van der Waals surface area contributed by atoms with Gasteiger partial charge in [-0.15, -0.1) is 37.2 Å². The number of nitrogens with one attached hydrogen (secondary N) is 2. The summed E-state index contributed by atoms with van der Waals surface area (Å²) in [6.45, 7) is 14.6. The summed E-state index contributed by atoms with van der Waals surface area (Å²) in [7, 11) is 0. The van der Waals surface area contributed by atoms with Crippen LogP contribution in [0.2, 0.25) is 0 Å². The lowest BCUT2D eigenvalue weighted by molar-refractivity contribution is -0.0522. The van der Waals surface area contributed by atoms with Gasteiger partial charge in [0.15, 0.2) is 0 Å². The average Bonchev–Trinajstić information content (AvgIpc) is 2.82. The first-order chi connectivity index (χ1) is 16.3. The van der Waals surface area contributed by atoms with E-state index in [9.17, 15) is 0 Å². The number of halogens is 3. The number of nitrogens with two attached hydrogens (primary N) is 1. The summed E-state index contributed by atoms with van der Waals surface area (Å²) < 4.78 is 0. The Kier molecular flexibility index (Phi) is 15.7. The number of fused-ring (bicyclic) bond motifs is 6. The van der Waals surface area contributed by atoms with Gasteiger partial charge in [-0.05, 0) is 162 Å². The summed E-state index contributed by atoms with van der Waals surface area (Å²) in [5, 5.41) is 7.63. The van der Waals surface area contributed by atoms with Crippen molar-refractivity contribution in [3.63, 3.8) is 0 Å². The second-order valence-electron chi connectivity index (χ2n) is 14.1. The Morgan fingerprint density at radius 1 is 0.649 bits per heavy atom. The zero-order chi connectivity index (χ0) is 24.2. The molecule has 4 N–H and O–H groups in total. The highest BCUT2D eigenvalue weighted by atomic mass is 35.5. The molecule has 6 aliphatic rings. The normalized spacial score (nSPS) is 33.6. The van der Waals surface area contributed by atoms with E-state index in [1.165, 1.54) is 90.0 Å². The van der Waals surface area contributed by atoms with Crippen molar-refractivity contribution in [2.24, 2.45) is 52.1 Å². The van der Waals surface area contributed by atoms with Crippen LogP contribution >= 0.6 is 37.2 Å². The largest absolute Gasteiger partial charge is 0.330 e. The first-order valence-corrected chi connectivity index (χ1v) is 15.5. The summed E-state index contributed by atoms with van der Waals surface area (Å²) in [4.78, 5) is 0. The minimum absolute atomic E-state index is 0. The molecule has 6 saturated carbocycles. The third-order valence-corrected chi connectivity index (χ3v) is 11.9. The molecular formula is C31H62Cl3N3. The van der Waals surface area contributed by atoms with E-state index in [0.717, 1.165) is 67.6 Å². The fraction of sp³-hybridized carbons (Fsp3) is 1.00. The Morgan fingerprint density at radius 2 is 1.08 bits per heavy atom. The smallest absolute Gasteiger partial charge is 0.00672 e. The Labute approximate surface area is 249 Å². The summed E-state index contributed by atoms with van der Waals surface area (Å²) in [5.41, 5.74) is 6.77. The van der Waals surface area contributed by atoms with Crippen LogP contribution in [0.1, 0.15) is 118 Å². The van der Waals surface area contributed by atoms with Crippen LogP contribution < -0.4 is 16.4 Å². The van der Waals surface area contributed by atoms with E-state index in [1.807, 2.05) is 0 Å². The van der Waals surface area contributed by atoms with Crippen LogP contribution in [0.5, 0.6) is 0 Å². The molecular weight excluding hydrogens is 521 g/mol. The lowest BCUT2D eigenvalue weighted by Crippen LogP contribution is -2.47. The topological polar surface area (TPSA) is 50.1 Å². The summed E-state index contributed by atoms with van der Waals surface area (Å²) in [5.74, 6) is 5.94.